The van der Waals surface area contributed by atoms with Crippen molar-refractivity contribution in [3.8, 4) is 17.1 Å². The number of nitrogens with zero attached hydrogens (tertiary/aromatic N) is 1. The van der Waals surface area contributed by atoms with Crippen molar-refractivity contribution in [2.45, 2.75) is 6.54 Å². The first-order chi connectivity index (χ1) is 11.7. The Labute approximate surface area is 139 Å². The first-order valence-corrected chi connectivity index (χ1v) is 7.43. The second-order valence-corrected chi connectivity index (χ2v) is 5.02. The number of benzene rings is 2. The van der Waals surface area contributed by atoms with Crippen LogP contribution in [0.4, 0.5) is 10.5 Å². The molecule has 0 aliphatic carbocycles. The number of ether oxygens (including phenoxy) is 1. The Kier molecular flexibility index (Phi) is 4.76. The Morgan fingerprint density at radius 1 is 1.17 bits per heavy atom. The monoisotopic (exact) mass is 323 g/mol. The number of amides is 2. The zero-order valence-electron chi connectivity index (χ0n) is 13.2. The molecule has 0 saturated heterocycles. The number of urea groups is 1. The molecule has 2 amide bonds. The van der Waals surface area contributed by atoms with Gasteiger partial charge in [-0.15, -0.1) is 0 Å². The lowest BCUT2D eigenvalue weighted by Crippen LogP contribution is -2.28. The molecule has 0 bridgehead atoms. The topological polar surface area (TPSA) is 76.4 Å². The lowest BCUT2D eigenvalue weighted by atomic mass is 10.2. The van der Waals surface area contributed by atoms with Gasteiger partial charge in [-0.25, -0.2) is 9.78 Å². The second-order valence-electron chi connectivity index (χ2n) is 5.02. The minimum Gasteiger partial charge on any atom is -0.497 e. The average molecular weight is 323 g/mol. The minimum atomic E-state index is -0.345. The van der Waals surface area contributed by atoms with Crippen LogP contribution in [-0.4, -0.2) is 18.1 Å². The third-order valence-electron chi connectivity index (χ3n) is 3.34. The fourth-order valence-corrected chi connectivity index (χ4v) is 2.16. The zero-order chi connectivity index (χ0) is 16.8. The van der Waals surface area contributed by atoms with Gasteiger partial charge in [0.05, 0.1) is 19.9 Å². The molecule has 122 valence electrons. The molecule has 0 unspecified atom stereocenters. The van der Waals surface area contributed by atoms with Crippen LogP contribution in [0.3, 0.4) is 0 Å². The van der Waals surface area contributed by atoms with E-state index in [9.17, 15) is 4.79 Å². The number of anilines is 1. The van der Waals surface area contributed by atoms with Crippen LogP contribution in [0.2, 0.25) is 0 Å². The predicted octanol–water partition coefficient (Wildman–Crippen LogP) is 3.67. The molecule has 3 rings (SSSR count). The number of methoxy groups -OCH3 is 1. The van der Waals surface area contributed by atoms with Crippen LogP contribution in [0.25, 0.3) is 11.3 Å². The Morgan fingerprint density at radius 2 is 2.00 bits per heavy atom. The van der Waals surface area contributed by atoms with E-state index in [1.165, 1.54) is 0 Å². The van der Waals surface area contributed by atoms with Crippen LogP contribution in [-0.2, 0) is 6.54 Å². The van der Waals surface area contributed by atoms with Gasteiger partial charge in [-0.3, -0.25) is 0 Å². The van der Waals surface area contributed by atoms with Gasteiger partial charge in [-0.1, -0.05) is 36.4 Å². The molecule has 1 aromatic heterocycles. The van der Waals surface area contributed by atoms with Gasteiger partial charge in [0.25, 0.3) is 0 Å². The quantitative estimate of drug-likeness (QED) is 0.751. The zero-order valence-corrected chi connectivity index (χ0v) is 13.2. The van der Waals surface area contributed by atoms with E-state index in [-0.39, 0.29) is 12.6 Å². The molecule has 24 heavy (non-hydrogen) atoms. The van der Waals surface area contributed by atoms with Gasteiger partial charge in [0.1, 0.15) is 5.75 Å². The molecule has 2 aromatic carbocycles. The van der Waals surface area contributed by atoms with E-state index in [1.807, 2.05) is 30.3 Å². The highest BCUT2D eigenvalue weighted by atomic mass is 16.5. The highest BCUT2D eigenvalue weighted by Gasteiger charge is 2.08. The van der Waals surface area contributed by atoms with Crippen molar-refractivity contribution in [2.75, 3.05) is 12.4 Å². The molecular weight excluding hydrogens is 306 g/mol. The lowest BCUT2D eigenvalue weighted by molar-refractivity contribution is 0.250. The predicted molar refractivity (Wildman–Crippen MR) is 90.8 cm³/mol. The van der Waals surface area contributed by atoms with Gasteiger partial charge in [-0.05, 0) is 12.1 Å². The largest absolute Gasteiger partial charge is 0.497 e. The molecule has 1 heterocycles. The smallest absolute Gasteiger partial charge is 0.319 e. The summed E-state index contributed by atoms with van der Waals surface area (Å²) in [5.41, 5.74) is 1.58. The van der Waals surface area contributed by atoms with Crippen LogP contribution in [0.5, 0.6) is 5.75 Å². The highest BCUT2D eigenvalue weighted by Crippen LogP contribution is 2.19. The molecule has 0 radical (unpaired) electrons. The molecule has 0 spiro atoms. The summed E-state index contributed by atoms with van der Waals surface area (Å²) in [4.78, 5) is 16.1. The van der Waals surface area contributed by atoms with Crippen molar-refractivity contribution in [2.24, 2.45) is 0 Å². The maximum absolute atomic E-state index is 11.9. The van der Waals surface area contributed by atoms with E-state index in [0.717, 1.165) is 5.56 Å². The molecule has 0 aliphatic heterocycles. The minimum absolute atomic E-state index is 0.197. The van der Waals surface area contributed by atoms with E-state index in [2.05, 4.69) is 15.6 Å². The number of carbonyl (C=O) groups is 1. The first-order valence-electron chi connectivity index (χ1n) is 7.43. The third kappa shape index (κ3) is 3.92. The van der Waals surface area contributed by atoms with Crippen LogP contribution in [0.1, 0.15) is 5.89 Å². The molecular formula is C18H17N3O3. The maximum Gasteiger partial charge on any atom is 0.319 e. The fourth-order valence-electron chi connectivity index (χ4n) is 2.16. The molecule has 0 atom stereocenters. The van der Waals surface area contributed by atoms with Crippen molar-refractivity contribution >= 4 is 11.7 Å². The van der Waals surface area contributed by atoms with Gasteiger partial charge in [0, 0.05) is 17.3 Å². The lowest BCUT2D eigenvalue weighted by Gasteiger charge is -2.07. The van der Waals surface area contributed by atoms with Gasteiger partial charge in [0.2, 0.25) is 5.89 Å². The molecule has 0 fully saturated rings. The molecule has 0 aliphatic rings. The van der Waals surface area contributed by atoms with Crippen LogP contribution < -0.4 is 15.4 Å². The number of hydrogen-bond acceptors (Lipinski definition) is 4. The van der Waals surface area contributed by atoms with E-state index in [4.69, 9.17) is 9.15 Å². The Bertz CT molecular complexity index is 815. The number of hydrogen-bond donors (Lipinski definition) is 2. The molecule has 2 N–H and O–H groups in total. The summed E-state index contributed by atoms with van der Waals surface area (Å²) in [6.45, 7) is 0.197. The second kappa shape index (κ2) is 7.32. The number of aromatic nitrogens is 1. The van der Waals surface area contributed by atoms with E-state index < -0.39 is 0 Å². The van der Waals surface area contributed by atoms with E-state index >= 15 is 0 Å². The summed E-state index contributed by atoms with van der Waals surface area (Å²) in [5.74, 6) is 1.78. The van der Waals surface area contributed by atoms with Crippen LogP contribution >= 0.6 is 0 Å². The van der Waals surface area contributed by atoms with Crippen molar-refractivity contribution in [1.29, 1.82) is 0 Å². The number of nitrogens with one attached hydrogen (secondary N) is 2. The summed E-state index contributed by atoms with van der Waals surface area (Å²) in [5, 5.41) is 5.43. The summed E-state index contributed by atoms with van der Waals surface area (Å²) >= 11 is 0. The van der Waals surface area contributed by atoms with Crippen molar-refractivity contribution < 1.29 is 13.9 Å². The van der Waals surface area contributed by atoms with Crippen LogP contribution in [0, 0.1) is 0 Å². The van der Waals surface area contributed by atoms with Gasteiger partial charge in [0.15, 0.2) is 5.76 Å². The Hall–Kier alpha value is -3.28. The van der Waals surface area contributed by atoms with Gasteiger partial charge < -0.3 is 19.8 Å². The standard InChI is InChI=1S/C18H17N3O3/c1-23-15-9-5-8-14(10-15)21-18(22)20-12-17-19-11-16(24-17)13-6-3-2-4-7-13/h2-11H,12H2,1H3,(H2,20,21,22). The molecule has 6 nitrogen and oxygen atoms in total. The first kappa shape index (κ1) is 15.6. The molecule has 3 aromatic rings. The molecule has 0 saturated carbocycles. The van der Waals surface area contributed by atoms with Crippen LogP contribution in [0.15, 0.2) is 65.2 Å². The summed E-state index contributed by atoms with van der Waals surface area (Å²) in [7, 11) is 1.58. The average Bonchev–Trinajstić information content (AvgIpc) is 3.10. The third-order valence-corrected chi connectivity index (χ3v) is 3.34. The number of carbonyl (C=O) groups excluding carboxylic acids is 1. The van der Waals surface area contributed by atoms with Crippen molar-refractivity contribution in [1.82, 2.24) is 10.3 Å². The number of oxazole rings is 1. The van der Waals surface area contributed by atoms with Gasteiger partial charge in [-0.2, -0.15) is 0 Å². The SMILES string of the molecule is COc1cccc(NC(=O)NCc2ncc(-c3ccccc3)o2)c1. The summed E-state index contributed by atoms with van der Waals surface area (Å²) in [6.07, 6.45) is 1.65. The van der Waals surface area contributed by atoms with E-state index in [1.54, 1.807) is 37.6 Å². The highest BCUT2D eigenvalue weighted by molar-refractivity contribution is 5.89. The maximum atomic E-state index is 11.9. The Balaban J connectivity index is 1.56. The fraction of sp³-hybridized carbons (Fsp3) is 0.111. The normalized spacial score (nSPS) is 10.2. The summed E-state index contributed by atoms with van der Waals surface area (Å²) < 4.78 is 10.7. The molecule has 6 heteroatoms. The Morgan fingerprint density at radius 3 is 2.79 bits per heavy atom. The number of rotatable bonds is 5. The van der Waals surface area contributed by atoms with Crippen molar-refractivity contribution in [3.05, 3.63) is 66.7 Å². The summed E-state index contributed by atoms with van der Waals surface area (Å²) in [6, 6.07) is 16.4. The van der Waals surface area contributed by atoms with E-state index in [0.29, 0.717) is 23.1 Å². The van der Waals surface area contributed by atoms with Gasteiger partial charge >= 0.3 is 6.03 Å². The van der Waals surface area contributed by atoms with Crippen molar-refractivity contribution in [3.63, 3.8) is 0 Å².